The van der Waals surface area contributed by atoms with E-state index >= 15 is 0 Å². The Hall–Kier alpha value is -0.570. The molecule has 0 radical (unpaired) electrons. The zero-order valence-corrected chi connectivity index (χ0v) is 5.02. The molecular formula is C5H12N2O. The highest BCUT2D eigenvalue weighted by Gasteiger charge is 1.99. The summed E-state index contributed by atoms with van der Waals surface area (Å²) in [6, 6.07) is 0. The van der Waals surface area contributed by atoms with Crippen molar-refractivity contribution in [2.75, 3.05) is 6.61 Å². The monoisotopic (exact) mass is 116 g/mol. The molecule has 0 amide bonds. The molecule has 4 N–H and O–H groups in total. The molecule has 0 heterocycles. The van der Waals surface area contributed by atoms with Crippen LogP contribution in [-0.4, -0.2) is 17.5 Å². The Bertz CT molecular complexity index is 82.5. The molecule has 3 nitrogen and oxygen atoms in total. The quantitative estimate of drug-likeness (QED) is 0.357. The van der Waals surface area contributed by atoms with E-state index in [2.05, 4.69) is 0 Å². The van der Waals surface area contributed by atoms with Gasteiger partial charge >= 0.3 is 0 Å². The first-order valence-corrected chi connectivity index (χ1v) is 2.60. The standard InChI is InChI=1S/C5H12N2O/c1-4(3-8)2-5(6)7/h4,8H,2-3H2,1H3,(H3,6,7). The summed E-state index contributed by atoms with van der Waals surface area (Å²) in [6.07, 6.45) is 0.497. The van der Waals surface area contributed by atoms with E-state index < -0.39 is 0 Å². The van der Waals surface area contributed by atoms with Crippen molar-refractivity contribution in [3.05, 3.63) is 0 Å². The van der Waals surface area contributed by atoms with Crippen LogP contribution in [0.3, 0.4) is 0 Å². The van der Waals surface area contributed by atoms with Gasteiger partial charge < -0.3 is 10.8 Å². The van der Waals surface area contributed by atoms with Crippen molar-refractivity contribution in [1.82, 2.24) is 0 Å². The minimum absolute atomic E-state index is 0.111. The van der Waals surface area contributed by atoms with E-state index in [9.17, 15) is 0 Å². The fourth-order valence-corrected chi connectivity index (χ4v) is 0.440. The van der Waals surface area contributed by atoms with Crippen LogP contribution >= 0.6 is 0 Å². The van der Waals surface area contributed by atoms with Crippen LogP contribution in [0, 0.1) is 11.3 Å². The van der Waals surface area contributed by atoms with Crippen LogP contribution in [0.1, 0.15) is 13.3 Å². The van der Waals surface area contributed by atoms with Gasteiger partial charge in [0, 0.05) is 13.0 Å². The summed E-state index contributed by atoms with van der Waals surface area (Å²) >= 11 is 0. The number of nitrogens with two attached hydrogens (primary N) is 1. The van der Waals surface area contributed by atoms with Gasteiger partial charge in [0.15, 0.2) is 0 Å². The van der Waals surface area contributed by atoms with Gasteiger partial charge in [-0.2, -0.15) is 0 Å². The van der Waals surface area contributed by atoms with Gasteiger partial charge in [0.2, 0.25) is 0 Å². The Labute approximate surface area is 49.0 Å². The van der Waals surface area contributed by atoms with Crippen molar-refractivity contribution in [2.45, 2.75) is 13.3 Å². The predicted molar refractivity (Wildman–Crippen MR) is 32.8 cm³/mol. The van der Waals surface area contributed by atoms with Crippen molar-refractivity contribution < 1.29 is 5.11 Å². The number of hydrogen-bond acceptors (Lipinski definition) is 2. The molecule has 0 saturated heterocycles. The van der Waals surface area contributed by atoms with Crippen LogP contribution in [-0.2, 0) is 0 Å². The lowest BCUT2D eigenvalue weighted by Crippen LogP contribution is -2.15. The maximum Gasteiger partial charge on any atom is 0.0908 e. The second-order valence-corrected chi connectivity index (χ2v) is 2.02. The van der Waals surface area contributed by atoms with E-state index in [1.807, 2.05) is 6.92 Å². The van der Waals surface area contributed by atoms with Gasteiger partial charge in [-0.25, -0.2) is 0 Å². The van der Waals surface area contributed by atoms with Crippen molar-refractivity contribution in [2.24, 2.45) is 11.7 Å². The van der Waals surface area contributed by atoms with Crippen LogP contribution in [0.25, 0.3) is 0 Å². The number of amidine groups is 1. The highest BCUT2D eigenvalue weighted by atomic mass is 16.3. The second-order valence-electron chi connectivity index (χ2n) is 2.02. The maximum absolute atomic E-state index is 8.43. The number of rotatable bonds is 3. The molecule has 0 rings (SSSR count). The number of aliphatic hydroxyl groups excluding tert-OH is 1. The molecule has 1 atom stereocenters. The molecule has 1 unspecified atom stereocenters. The van der Waals surface area contributed by atoms with Gasteiger partial charge in [-0.15, -0.1) is 0 Å². The maximum atomic E-state index is 8.43. The average molecular weight is 116 g/mol. The molecule has 48 valence electrons. The van der Waals surface area contributed by atoms with Crippen LogP contribution in [0.2, 0.25) is 0 Å². The third kappa shape index (κ3) is 3.61. The molecule has 0 aliphatic carbocycles. The smallest absolute Gasteiger partial charge is 0.0908 e. The molecule has 0 saturated carbocycles. The number of hydrogen-bond donors (Lipinski definition) is 3. The first-order chi connectivity index (χ1) is 3.66. The molecule has 0 aliphatic rings. The summed E-state index contributed by atoms with van der Waals surface area (Å²) in [5, 5.41) is 15.2. The number of nitrogens with one attached hydrogen (secondary N) is 1. The Kier molecular flexibility index (Phi) is 3.19. The van der Waals surface area contributed by atoms with Crippen molar-refractivity contribution >= 4 is 5.84 Å². The molecule has 0 aromatic carbocycles. The average Bonchev–Trinajstić information content (AvgIpc) is 1.65. The van der Waals surface area contributed by atoms with Gasteiger partial charge in [-0.05, 0) is 5.92 Å². The van der Waals surface area contributed by atoms with Gasteiger partial charge in [-0.3, -0.25) is 5.41 Å². The van der Waals surface area contributed by atoms with Crippen molar-refractivity contribution in [3.63, 3.8) is 0 Å². The van der Waals surface area contributed by atoms with Crippen molar-refractivity contribution in [3.8, 4) is 0 Å². The minimum atomic E-state index is 0.111. The van der Waals surface area contributed by atoms with Crippen LogP contribution in [0.15, 0.2) is 0 Å². The van der Waals surface area contributed by atoms with Crippen LogP contribution in [0.5, 0.6) is 0 Å². The largest absolute Gasteiger partial charge is 0.396 e. The molecule has 3 heteroatoms. The molecular weight excluding hydrogens is 104 g/mol. The Balaban J connectivity index is 3.24. The molecule has 0 aromatic heterocycles. The Morgan fingerprint density at radius 2 is 2.38 bits per heavy atom. The minimum Gasteiger partial charge on any atom is -0.396 e. The second kappa shape index (κ2) is 3.43. The summed E-state index contributed by atoms with van der Waals surface area (Å²) in [4.78, 5) is 0. The van der Waals surface area contributed by atoms with E-state index in [4.69, 9.17) is 16.2 Å². The Morgan fingerprint density at radius 1 is 1.88 bits per heavy atom. The predicted octanol–water partition coefficient (Wildman–Crippen LogP) is -0.0591. The molecule has 0 fully saturated rings. The Morgan fingerprint density at radius 3 is 2.50 bits per heavy atom. The lowest BCUT2D eigenvalue weighted by molar-refractivity contribution is 0.241. The third-order valence-electron chi connectivity index (χ3n) is 0.880. The molecule has 8 heavy (non-hydrogen) atoms. The molecule has 0 aromatic rings. The first kappa shape index (κ1) is 7.43. The van der Waals surface area contributed by atoms with E-state index in [-0.39, 0.29) is 18.4 Å². The summed E-state index contributed by atoms with van der Waals surface area (Å²) in [5.74, 6) is 0.277. The molecule has 0 bridgehead atoms. The fraction of sp³-hybridized carbons (Fsp3) is 0.800. The molecule has 0 aliphatic heterocycles. The molecule has 0 spiro atoms. The van der Waals surface area contributed by atoms with Crippen LogP contribution < -0.4 is 5.73 Å². The summed E-state index contributed by atoms with van der Waals surface area (Å²) in [5.41, 5.74) is 5.04. The summed E-state index contributed by atoms with van der Waals surface area (Å²) in [6.45, 7) is 1.96. The van der Waals surface area contributed by atoms with E-state index in [1.165, 1.54) is 0 Å². The first-order valence-electron chi connectivity index (χ1n) is 2.60. The zero-order valence-electron chi connectivity index (χ0n) is 5.02. The van der Waals surface area contributed by atoms with Gasteiger partial charge in [-0.1, -0.05) is 6.92 Å². The van der Waals surface area contributed by atoms with E-state index in [0.717, 1.165) is 0 Å². The van der Waals surface area contributed by atoms with Gasteiger partial charge in [0.05, 0.1) is 5.84 Å². The van der Waals surface area contributed by atoms with E-state index in [1.54, 1.807) is 0 Å². The SMILES string of the molecule is CC(CO)CC(=N)N. The normalized spacial score (nSPS) is 13.2. The summed E-state index contributed by atoms with van der Waals surface area (Å²) in [7, 11) is 0. The van der Waals surface area contributed by atoms with Crippen molar-refractivity contribution in [1.29, 1.82) is 5.41 Å². The van der Waals surface area contributed by atoms with Gasteiger partial charge in [0.1, 0.15) is 0 Å². The number of aliphatic hydroxyl groups is 1. The fourth-order valence-electron chi connectivity index (χ4n) is 0.440. The van der Waals surface area contributed by atoms with Gasteiger partial charge in [0.25, 0.3) is 0 Å². The third-order valence-corrected chi connectivity index (χ3v) is 0.880. The van der Waals surface area contributed by atoms with Crippen LogP contribution in [0.4, 0.5) is 0 Å². The lowest BCUT2D eigenvalue weighted by atomic mass is 10.1. The lowest BCUT2D eigenvalue weighted by Gasteiger charge is -2.03. The van der Waals surface area contributed by atoms with E-state index in [0.29, 0.717) is 6.42 Å². The topological polar surface area (TPSA) is 70.1 Å². The summed E-state index contributed by atoms with van der Waals surface area (Å²) < 4.78 is 0. The highest BCUT2D eigenvalue weighted by molar-refractivity contribution is 5.76. The zero-order chi connectivity index (χ0) is 6.57. The highest BCUT2D eigenvalue weighted by Crippen LogP contribution is 1.96.